The lowest BCUT2D eigenvalue weighted by atomic mass is 9.85. The van der Waals surface area contributed by atoms with Crippen LogP contribution in [-0.2, 0) is 0 Å². The van der Waals surface area contributed by atoms with Gasteiger partial charge in [0.2, 0.25) is 0 Å². The standard InChI is InChI=1S/C10H20N2/c1-7(12-11)4-10-6-8-2-3-9(10)5-8/h7-10,12H,2-6,11H2,1H3. The van der Waals surface area contributed by atoms with Crippen LogP contribution in [0.25, 0.3) is 0 Å². The van der Waals surface area contributed by atoms with E-state index in [4.69, 9.17) is 5.84 Å². The van der Waals surface area contributed by atoms with E-state index in [2.05, 4.69) is 12.3 Å². The molecule has 2 nitrogen and oxygen atoms in total. The van der Waals surface area contributed by atoms with Crippen molar-refractivity contribution in [3.05, 3.63) is 0 Å². The fourth-order valence-electron chi connectivity index (χ4n) is 3.19. The van der Waals surface area contributed by atoms with Gasteiger partial charge in [-0.25, -0.2) is 0 Å². The highest BCUT2D eigenvalue weighted by molar-refractivity contribution is 4.90. The lowest BCUT2D eigenvalue weighted by Gasteiger charge is -2.24. The van der Waals surface area contributed by atoms with Crippen LogP contribution in [0.4, 0.5) is 0 Å². The average Bonchev–Trinajstić information content (AvgIpc) is 2.64. The van der Waals surface area contributed by atoms with Crippen molar-refractivity contribution in [1.82, 2.24) is 5.43 Å². The largest absolute Gasteiger partial charge is 0.271 e. The number of hydrogen-bond donors (Lipinski definition) is 2. The highest BCUT2D eigenvalue weighted by atomic mass is 15.2. The third-order valence-corrected chi connectivity index (χ3v) is 3.83. The molecule has 3 N–H and O–H groups in total. The molecular formula is C10H20N2. The number of fused-ring (bicyclic) bond motifs is 2. The van der Waals surface area contributed by atoms with Gasteiger partial charge in [-0.05, 0) is 50.4 Å². The summed E-state index contributed by atoms with van der Waals surface area (Å²) in [6, 6.07) is 0.509. The molecule has 0 heterocycles. The zero-order valence-corrected chi connectivity index (χ0v) is 7.92. The van der Waals surface area contributed by atoms with Gasteiger partial charge in [-0.15, -0.1) is 0 Å². The second-order valence-electron chi connectivity index (χ2n) is 4.74. The minimum atomic E-state index is 0.509. The van der Waals surface area contributed by atoms with E-state index < -0.39 is 0 Å². The summed E-state index contributed by atoms with van der Waals surface area (Å²) in [5.41, 5.74) is 2.85. The molecule has 4 unspecified atom stereocenters. The van der Waals surface area contributed by atoms with Crippen molar-refractivity contribution in [3.8, 4) is 0 Å². The molecule has 0 radical (unpaired) electrons. The molecule has 2 aliphatic carbocycles. The van der Waals surface area contributed by atoms with Crippen molar-refractivity contribution in [2.75, 3.05) is 0 Å². The minimum Gasteiger partial charge on any atom is -0.271 e. The molecule has 2 rings (SSSR count). The summed E-state index contributed by atoms with van der Waals surface area (Å²) >= 11 is 0. The van der Waals surface area contributed by atoms with E-state index in [0.29, 0.717) is 6.04 Å². The number of hydrazine groups is 1. The maximum Gasteiger partial charge on any atom is 0.0185 e. The summed E-state index contributed by atoms with van der Waals surface area (Å²) in [4.78, 5) is 0. The maximum atomic E-state index is 5.40. The van der Waals surface area contributed by atoms with Gasteiger partial charge in [0.1, 0.15) is 0 Å². The van der Waals surface area contributed by atoms with Crippen molar-refractivity contribution >= 4 is 0 Å². The van der Waals surface area contributed by atoms with Gasteiger partial charge in [0, 0.05) is 6.04 Å². The monoisotopic (exact) mass is 168 g/mol. The van der Waals surface area contributed by atoms with Crippen LogP contribution >= 0.6 is 0 Å². The fraction of sp³-hybridized carbons (Fsp3) is 1.00. The first kappa shape index (κ1) is 8.52. The van der Waals surface area contributed by atoms with Gasteiger partial charge in [-0.1, -0.05) is 6.42 Å². The Bertz CT molecular complexity index is 158. The van der Waals surface area contributed by atoms with Crippen LogP contribution in [0, 0.1) is 17.8 Å². The Balaban J connectivity index is 1.82. The SMILES string of the molecule is CC(CC1CC2CCC1C2)NN. The van der Waals surface area contributed by atoms with E-state index in [-0.39, 0.29) is 0 Å². The lowest BCUT2D eigenvalue weighted by Crippen LogP contribution is -2.34. The molecule has 2 bridgehead atoms. The van der Waals surface area contributed by atoms with E-state index in [1.807, 2.05) is 0 Å². The lowest BCUT2D eigenvalue weighted by molar-refractivity contribution is 0.285. The van der Waals surface area contributed by atoms with E-state index in [1.165, 1.54) is 32.1 Å². The molecule has 4 atom stereocenters. The minimum absolute atomic E-state index is 0.509. The predicted molar refractivity (Wildman–Crippen MR) is 50.3 cm³/mol. The molecule has 0 aromatic rings. The maximum absolute atomic E-state index is 5.40. The van der Waals surface area contributed by atoms with Crippen LogP contribution in [0.1, 0.15) is 39.0 Å². The van der Waals surface area contributed by atoms with Crippen LogP contribution in [0.15, 0.2) is 0 Å². The van der Waals surface area contributed by atoms with Crippen molar-refractivity contribution in [2.45, 2.75) is 45.1 Å². The van der Waals surface area contributed by atoms with Gasteiger partial charge in [0.15, 0.2) is 0 Å². The highest BCUT2D eigenvalue weighted by Crippen LogP contribution is 2.49. The summed E-state index contributed by atoms with van der Waals surface area (Å²) in [6.45, 7) is 2.19. The molecule has 0 aliphatic heterocycles. The molecule has 2 fully saturated rings. The zero-order valence-electron chi connectivity index (χ0n) is 7.92. The van der Waals surface area contributed by atoms with Crippen LogP contribution in [-0.4, -0.2) is 6.04 Å². The van der Waals surface area contributed by atoms with Gasteiger partial charge in [-0.3, -0.25) is 11.3 Å². The number of nitrogens with two attached hydrogens (primary N) is 1. The van der Waals surface area contributed by atoms with Gasteiger partial charge in [-0.2, -0.15) is 0 Å². The van der Waals surface area contributed by atoms with E-state index in [9.17, 15) is 0 Å². The van der Waals surface area contributed by atoms with Gasteiger partial charge in [0.05, 0.1) is 0 Å². The van der Waals surface area contributed by atoms with Crippen LogP contribution in [0.2, 0.25) is 0 Å². The Morgan fingerprint density at radius 1 is 1.42 bits per heavy atom. The Hall–Kier alpha value is -0.0800. The molecule has 0 aromatic carbocycles. The van der Waals surface area contributed by atoms with E-state index >= 15 is 0 Å². The van der Waals surface area contributed by atoms with Crippen molar-refractivity contribution in [1.29, 1.82) is 0 Å². The van der Waals surface area contributed by atoms with Crippen LogP contribution in [0.3, 0.4) is 0 Å². The summed E-state index contributed by atoms with van der Waals surface area (Å²) in [5.74, 6) is 8.50. The molecule has 0 aromatic heterocycles. The normalized spacial score (nSPS) is 42.0. The fourth-order valence-corrected chi connectivity index (χ4v) is 3.19. The molecule has 70 valence electrons. The highest BCUT2D eigenvalue weighted by Gasteiger charge is 2.39. The van der Waals surface area contributed by atoms with Crippen molar-refractivity contribution in [3.63, 3.8) is 0 Å². The summed E-state index contributed by atoms with van der Waals surface area (Å²) in [6.07, 6.45) is 7.29. The summed E-state index contributed by atoms with van der Waals surface area (Å²) in [7, 11) is 0. The Kier molecular flexibility index (Phi) is 2.37. The number of rotatable bonds is 3. The molecule has 2 saturated carbocycles. The molecule has 0 spiro atoms. The van der Waals surface area contributed by atoms with Crippen LogP contribution < -0.4 is 11.3 Å². The first-order valence-corrected chi connectivity index (χ1v) is 5.25. The molecule has 2 aliphatic rings. The quantitative estimate of drug-likeness (QED) is 0.497. The molecule has 0 saturated heterocycles. The van der Waals surface area contributed by atoms with Crippen molar-refractivity contribution in [2.24, 2.45) is 23.6 Å². The molecule has 2 heteroatoms. The second kappa shape index (κ2) is 3.35. The number of hydrogen-bond acceptors (Lipinski definition) is 2. The van der Waals surface area contributed by atoms with Gasteiger partial charge < -0.3 is 0 Å². The zero-order chi connectivity index (χ0) is 8.55. The van der Waals surface area contributed by atoms with E-state index in [1.54, 1.807) is 0 Å². The smallest absolute Gasteiger partial charge is 0.0185 e. The third-order valence-electron chi connectivity index (χ3n) is 3.83. The molecule has 0 amide bonds. The topological polar surface area (TPSA) is 38.0 Å². The second-order valence-corrected chi connectivity index (χ2v) is 4.74. The van der Waals surface area contributed by atoms with Crippen LogP contribution in [0.5, 0.6) is 0 Å². The summed E-state index contributed by atoms with van der Waals surface area (Å²) in [5, 5.41) is 0. The Labute approximate surface area is 74.9 Å². The first-order valence-electron chi connectivity index (χ1n) is 5.25. The van der Waals surface area contributed by atoms with E-state index in [0.717, 1.165) is 17.8 Å². The predicted octanol–water partition coefficient (Wildman–Crippen LogP) is 1.66. The van der Waals surface area contributed by atoms with Crippen molar-refractivity contribution < 1.29 is 0 Å². The third kappa shape index (κ3) is 1.50. The summed E-state index contributed by atoms with van der Waals surface area (Å²) < 4.78 is 0. The van der Waals surface area contributed by atoms with Gasteiger partial charge >= 0.3 is 0 Å². The average molecular weight is 168 g/mol. The first-order chi connectivity index (χ1) is 5.79. The Morgan fingerprint density at radius 3 is 2.75 bits per heavy atom. The molecule has 12 heavy (non-hydrogen) atoms. The molecular weight excluding hydrogens is 148 g/mol. The Morgan fingerprint density at radius 2 is 2.25 bits per heavy atom. The van der Waals surface area contributed by atoms with Gasteiger partial charge in [0.25, 0.3) is 0 Å². The number of nitrogens with one attached hydrogen (secondary N) is 1.